The van der Waals surface area contributed by atoms with E-state index in [1.165, 1.54) is 6.07 Å². The second-order valence-electron chi connectivity index (χ2n) is 6.63. The van der Waals surface area contributed by atoms with Gasteiger partial charge in [0.2, 0.25) is 0 Å². The highest BCUT2D eigenvalue weighted by molar-refractivity contribution is 6.00. The van der Waals surface area contributed by atoms with Gasteiger partial charge in [-0.2, -0.15) is 0 Å². The molecule has 0 atom stereocenters. The van der Waals surface area contributed by atoms with Crippen molar-refractivity contribution in [3.63, 3.8) is 0 Å². The van der Waals surface area contributed by atoms with Crippen LogP contribution in [0.5, 0.6) is 5.75 Å². The maximum Gasteiger partial charge on any atom is 0.268 e. The van der Waals surface area contributed by atoms with E-state index in [0.29, 0.717) is 23.6 Å². The van der Waals surface area contributed by atoms with Crippen LogP contribution >= 0.6 is 0 Å². The Morgan fingerprint density at radius 1 is 1.26 bits per heavy atom. The van der Waals surface area contributed by atoms with Gasteiger partial charge in [-0.3, -0.25) is 4.79 Å². The van der Waals surface area contributed by atoms with E-state index in [1.807, 2.05) is 42.7 Å². The Hall–Kier alpha value is -3.08. The van der Waals surface area contributed by atoms with Gasteiger partial charge in [0, 0.05) is 23.5 Å². The van der Waals surface area contributed by atoms with E-state index >= 15 is 0 Å². The third kappa shape index (κ3) is 4.03. The number of ether oxygens (including phenoxy) is 1. The van der Waals surface area contributed by atoms with Gasteiger partial charge in [0.25, 0.3) is 5.91 Å². The molecule has 1 heterocycles. The van der Waals surface area contributed by atoms with Crippen LogP contribution in [0.1, 0.15) is 29.9 Å². The number of amides is 1. The Morgan fingerprint density at radius 2 is 2.04 bits per heavy atom. The van der Waals surface area contributed by atoms with Crippen LogP contribution in [-0.4, -0.2) is 16.5 Å². The molecule has 0 aliphatic rings. The summed E-state index contributed by atoms with van der Waals surface area (Å²) in [5.74, 6) is 0.158. The Kier molecular flexibility index (Phi) is 5.60. The summed E-state index contributed by atoms with van der Waals surface area (Å²) < 4.78 is 21.6. The van der Waals surface area contributed by atoms with Crippen LogP contribution in [0.15, 0.2) is 61.2 Å². The van der Waals surface area contributed by atoms with Crippen LogP contribution in [0, 0.1) is 5.82 Å². The highest BCUT2D eigenvalue weighted by Gasteiger charge is 2.18. The average Bonchev–Trinajstić information content (AvgIpc) is 3.00. The lowest BCUT2D eigenvalue weighted by molar-refractivity contribution is 0.0934. The number of rotatable bonds is 7. The maximum absolute atomic E-state index is 13.9. The second-order valence-corrected chi connectivity index (χ2v) is 6.63. The number of hydrogen-bond acceptors (Lipinski definition) is 2. The molecular weight excluding hydrogens is 343 g/mol. The molecule has 0 saturated heterocycles. The van der Waals surface area contributed by atoms with Crippen LogP contribution in [0.3, 0.4) is 0 Å². The van der Waals surface area contributed by atoms with Crippen molar-refractivity contribution in [2.24, 2.45) is 0 Å². The molecule has 1 N–H and O–H groups in total. The van der Waals surface area contributed by atoms with Gasteiger partial charge >= 0.3 is 0 Å². The van der Waals surface area contributed by atoms with E-state index in [4.69, 9.17) is 4.74 Å². The first kappa shape index (κ1) is 18.7. The zero-order valence-electron chi connectivity index (χ0n) is 15.5. The molecule has 0 spiro atoms. The molecule has 1 amide bonds. The van der Waals surface area contributed by atoms with Gasteiger partial charge in [0.05, 0.1) is 5.52 Å². The summed E-state index contributed by atoms with van der Waals surface area (Å²) in [6, 6.07) is 14.0. The number of fused-ring (bicyclic) bond motifs is 1. The van der Waals surface area contributed by atoms with E-state index in [2.05, 4.69) is 11.9 Å². The predicted octanol–water partition coefficient (Wildman–Crippen LogP) is 4.68. The number of allylic oxidation sites excluding steroid dienone is 1. The Balaban J connectivity index is 1.98. The monoisotopic (exact) mass is 366 g/mol. The molecule has 0 saturated carbocycles. The van der Waals surface area contributed by atoms with Crippen molar-refractivity contribution in [2.75, 3.05) is 0 Å². The van der Waals surface area contributed by atoms with Crippen molar-refractivity contribution in [3.05, 3.63) is 78.3 Å². The van der Waals surface area contributed by atoms with E-state index < -0.39 is 0 Å². The molecule has 2 aromatic carbocycles. The lowest BCUT2D eigenvalue weighted by atomic mass is 10.2. The number of aromatic nitrogens is 1. The molecule has 0 fully saturated rings. The molecule has 4 nitrogen and oxygen atoms in total. The van der Waals surface area contributed by atoms with Crippen molar-refractivity contribution in [3.8, 4) is 5.75 Å². The van der Waals surface area contributed by atoms with E-state index in [9.17, 15) is 9.18 Å². The van der Waals surface area contributed by atoms with E-state index in [0.717, 1.165) is 10.9 Å². The highest BCUT2D eigenvalue weighted by atomic mass is 19.1. The zero-order chi connectivity index (χ0) is 19.4. The smallest absolute Gasteiger partial charge is 0.268 e. The molecule has 0 aliphatic heterocycles. The maximum atomic E-state index is 13.9. The van der Waals surface area contributed by atoms with Gasteiger partial charge in [-0.25, -0.2) is 4.39 Å². The van der Waals surface area contributed by atoms with Gasteiger partial charge in [-0.15, -0.1) is 6.58 Å². The van der Waals surface area contributed by atoms with Gasteiger partial charge < -0.3 is 14.6 Å². The topological polar surface area (TPSA) is 43.3 Å². The number of nitrogens with zero attached hydrogens (tertiary/aromatic N) is 1. The minimum absolute atomic E-state index is 0.0319. The minimum atomic E-state index is -0.300. The average molecular weight is 366 g/mol. The van der Waals surface area contributed by atoms with Crippen LogP contribution in [0.2, 0.25) is 0 Å². The number of carbonyl (C=O) groups excluding carboxylic acids is 1. The quantitative estimate of drug-likeness (QED) is 0.617. The zero-order valence-corrected chi connectivity index (χ0v) is 15.5. The first-order chi connectivity index (χ1) is 13.0. The Bertz CT molecular complexity index is 976. The molecule has 1 aromatic heterocycles. The number of benzene rings is 2. The summed E-state index contributed by atoms with van der Waals surface area (Å²) in [6.07, 6.45) is 1.75. The third-order valence-corrected chi connectivity index (χ3v) is 4.21. The van der Waals surface area contributed by atoms with Crippen LogP contribution in [0.25, 0.3) is 10.9 Å². The molecule has 5 heteroatoms. The number of hydrogen-bond donors (Lipinski definition) is 1. The largest absolute Gasteiger partial charge is 0.488 e. The van der Waals surface area contributed by atoms with Crippen molar-refractivity contribution < 1.29 is 13.9 Å². The third-order valence-electron chi connectivity index (χ3n) is 4.21. The summed E-state index contributed by atoms with van der Waals surface area (Å²) in [5, 5.41) is 3.73. The fourth-order valence-corrected chi connectivity index (χ4v) is 3.00. The lowest BCUT2D eigenvalue weighted by Crippen LogP contribution is -2.31. The lowest BCUT2D eigenvalue weighted by Gasteiger charge is -2.11. The number of halogens is 1. The van der Waals surface area contributed by atoms with Gasteiger partial charge in [0.1, 0.15) is 23.9 Å². The summed E-state index contributed by atoms with van der Waals surface area (Å²) in [7, 11) is 0. The molecule has 0 radical (unpaired) electrons. The summed E-state index contributed by atoms with van der Waals surface area (Å²) in [6.45, 7) is 8.24. The molecule has 0 unspecified atom stereocenters. The molecule has 3 rings (SSSR count). The highest BCUT2D eigenvalue weighted by Crippen LogP contribution is 2.30. The van der Waals surface area contributed by atoms with Crippen molar-refractivity contribution >= 4 is 16.8 Å². The first-order valence-electron chi connectivity index (χ1n) is 8.91. The van der Waals surface area contributed by atoms with E-state index in [1.54, 1.807) is 24.3 Å². The number of nitrogens with one attached hydrogen (secondary N) is 1. The molecule has 0 aliphatic carbocycles. The standard InChI is InChI=1S/C22H23FN2O2/c1-4-12-25-19-10-7-11-21(27-14-16-8-5-6-9-18(16)23)17(19)13-20(25)22(26)24-15(2)3/h4-11,13,15H,1,12,14H2,2-3H3,(H,24,26). The second kappa shape index (κ2) is 8.08. The fraction of sp³-hybridized carbons (Fsp3) is 0.227. The number of carbonyl (C=O) groups is 1. The first-order valence-corrected chi connectivity index (χ1v) is 8.91. The summed E-state index contributed by atoms with van der Waals surface area (Å²) in [4.78, 5) is 12.6. The van der Waals surface area contributed by atoms with Crippen LogP contribution in [0.4, 0.5) is 4.39 Å². The van der Waals surface area contributed by atoms with E-state index in [-0.39, 0.29) is 24.4 Å². The van der Waals surface area contributed by atoms with Crippen molar-refractivity contribution in [1.82, 2.24) is 9.88 Å². The minimum Gasteiger partial charge on any atom is -0.488 e. The molecular formula is C22H23FN2O2. The SMILES string of the molecule is C=CCn1c(C(=O)NC(C)C)cc2c(OCc3ccccc3F)cccc21. The van der Waals surface area contributed by atoms with Gasteiger partial charge in [0.15, 0.2) is 0 Å². The summed E-state index contributed by atoms with van der Waals surface area (Å²) >= 11 is 0. The fourth-order valence-electron chi connectivity index (χ4n) is 3.00. The van der Waals surface area contributed by atoms with Crippen LogP contribution in [-0.2, 0) is 13.2 Å². The van der Waals surface area contributed by atoms with Crippen LogP contribution < -0.4 is 10.1 Å². The predicted molar refractivity (Wildman–Crippen MR) is 105 cm³/mol. The molecule has 27 heavy (non-hydrogen) atoms. The molecule has 3 aromatic rings. The van der Waals surface area contributed by atoms with Crippen molar-refractivity contribution in [1.29, 1.82) is 0 Å². The summed E-state index contributed by atoms with van der Waals surface area (Å²) in [5.41, 5.74) is 1.90. The van der Waals surface area contributed by atoms with Crippen molar-refractivity contribution in [2.45, 2.75) is 33.0 Å². The Morgan fingerprint density at radius 3 is 2.74 bits per heavy atom. The normalized spacial score (nSPS) is 11.0. The molecule has 0 bridgehead atoms. The van der Waals surface area contributed by atoms with Gasteiger partial charge in [-0.05, 0) is 38.1 Å². The Labute approximate surface area is 158 Å². The molecule has 140 valence electrons. The van der Waals surface area contributed by atoms with Gasteiger partial charge in [-0.1, -0.05) is 30.3 Å².